The average molecular weight is 307 g/mol. The monoisotopic (exact) mass is 307 g/mol. The zero-order chi connectivity index (χ0) is 16.3. The molecule has 0 aromatic heterocycles. The number of morpholine rings is 1. The summed E-state index contributed by atoms with van der Waals surface area (Å²) in [5.74, 6) is -0.176. The normalized spacial score (nSPS) is 22.3. The number of nitrogens with one attached hydrogen (secondary N) is 1. The molecule has 0 spiro atoms. The molecule has 1 aromatic carbocycles. The van der Waals surface area contributed by atoms with Gasteiger partial charge in [0.05, 0.1) is 29.4 Å². The molecule has 7 nitrogen and oxygen atoms in total. The number of amides is 1. The lowest BCUT2D eigenvalue weighted by molar-refractivity contribution is -0.384. The van der Waals surface area contributed by atoms with Gasteiger partial charge in [-0.25, -0.2) is 0 Å². The highest BCUT2D eigenvalue weighted by atomic mass is 16.6. The third kappa shape index (κ3) is 4.25. The lowest BCUT2D eigenvalue weighted by Gasteiger charge is -2.34. The number of benzene rings is 1. The van der Waals surface area contributed by atoms with Crippen LogP contribution in [0, 0.1) is 17.0 Å². The van der Waals surface area contributed by atoms with Gasteiger partial charge in [0.1, 0.15) is 0 Å². The van der Waals surface area contributed by atoms with Crippen LogP contribution in [0.2, 0.25) is 0 Å². The van der Waals surface area contributed by atoms with Gasteiger partial charge >= 0.3 is 0 Å². The van der Waals surface area contributed by atoms with E-state index in [1.54, 1.807) is 13.0 Å². The van der Waals surface area contributed by atoms with Crippen LogP contribution in [0.5, 0.6) is 0 Å². The summed E-state index contributed by atoms with van der Waals surface area (Å²) in [5.41, 5.74) is 1.24. The van der Waals surface area contributed by atoms with Crippen LogP contribution in [0.1, 0.15) is 19.4 Å². The minimum absolute atomic E-state index is 0.0329. The Morgan fingerprint density at radius 1 is 1.41 bits per heavy atom. The molecule has 2 rings (SSSR count). The first-order valence-corrected chi connectivity index (χ1v) is 7.28. The molecule has 1 aromatic rings. The second kappa shape index (κ2) is 6.85. The highest BCUT2D eigenvalue weighted by molar-refractivity contribution is 5.93. The van der Waals surface area contributed by atoms with Crippen LogP contribution in [0.25, 0.3) is 0 Å². The summed E-state index contributed by atoms with van der Waals surface area (Å²) in [7, 11) is 0. The molecule has 1 saturated heterocycles. The highest BCUT2D eigenvalue weighted by Crippen LogP contribution is 2.22. The second-order valence-corrected chi connectivity index (χ2v) is 5.76. The summed E-state index contributed by atoms with van der Waals surface area (Å²) in [6, 6.07) is 4.45. The number of hydrogen-bond donors (Lipinski definition) is 1. The van der Waals surface area contributed by atoms with E-state index in [1.807, 2.05) is 18.7 Å². The van der Waals surface area contributed by atoms with E-state index in [0.717, 1.165) is 5.56 Å². The maximum Gasteiger partial charge on any atom is 0.271 e. The standard InChI is InChI=1S/C15H21N3O4/c1-10-4-5-13(18(20)21)6-14(10)16-15(19)9-17-7-11(2)22-12(3)8-17/h4-6,11-12H,7-9H2,1-3H3,(H,16,19)/t11-,12-/m1/s1. The number of rotatable bonds is 4. The predicted octanol–water partition coefficient (Wildman–Crippen LogP) is 1.95. The third-order valence-corrected chi connectivity index (χ3v) is 3.57. The smallest absolute Gasteiger partial charge is 0.271 e. The van der Waals surface area contributed by atoms with Crippen LogP contribution in [0.4, 0.5) is 11.4 Å². The molecule has 0 unspecified atom stereocenters. The Hall–Kier alpha value is -1.99. The summed E-state index contributed by atoms with van der Waals surface area (Å²) in [5, 5.41) is 13.6. The van der Waals surface area contributed by atoms with Crippen molar-refractivity contribution in [3.05, 3.63) is 33.9 Å². The molecule has 1 aliphatic heterocycles. The van der Waals surface area contributed by atoms with Crippen molar-refractivity contribution in [2.75, 3.05) is 25.0 Å². The van der Waals surface area contributed by atoms with Gasteiger partial charge in [-0.1, -0.05) is 6.07 Å². The van der Waals surface area contributed by atoms with Crippen molar-refractivity contribution >= 4 is 17.3 Å². The number of non-ortho nitro benzene ring substituents is 1. The summed E-state index contributed by atoms with van der Waals surface area (Å²) in [4.78, 5) is 24.5. The largest absolute Gasteiger partial charge is 0.373 e. The van der Waals surface area contributed by atoms with Crippen LogP contribution in [0.3, 0.4) is 0 Å². The van der Waals surface area contributed by atoms with Crippen molar-refractivity contribution in [3.63, 3.8) is 0 Å². The minimum atomic E-state index is -0.472. The Morgan fingerprint density at radius 3 is 2.64 bits per heavy atom. The van der Waals surface area contributed by atoms with Gasteiger partial charge in [-0.05, 0) is 26.3 Å². The van der Waals surface area contributed by atoms with Crippen LogP contribution >= 0.6 is 0 Å². The number of aryl methyl sites for hydroxylation is 1. The van der Waals surface area contributed by atoms with E-state index in [9.17, 15) is 14.9 Å². The lowest BCUT2D eigenvalue weighted by atomic mass is 10.1. The van der Waals surface area contributed by atoms with E-state index < -0.39 is 4.92 Å². The molecular formula is C15H21N3O4. The molecule has 1 fully saturated rings. The van der Waals surface area contributed by atoms with E-state index in [1.165, 1.54) is 12.1 Å². The molecule has 0 saturated carbocycles. The van der Waals surface area contributed by atoms with Crippen molar-refractivity contribution in [1.29, 1.82) is 0 Å². The van der Waals surface area contributed by atoms with Gasteiger partial charge < -0.3 is 10.1 Å². The van der Waals surface area contributed by atoms with Crippen LogP contribution in [0.15, 0.2) is 18.2 Å². The van der Waals surface area contributed by atoms with Crippen molar-refractivity contribution in [1.82, 2.24) is 4.90 Å². The summed E-state index contributed by atoms with van der Waals surface area (Å²) in [6.07, 6.45) is 0.187. The quantitative estimate of drug-likeness (QED) is 0.679. The molecule has 2 atom stereocenters. The lowest BCUT2D eigenvalue weighted by Crippen LogP contribution is -2.48. The van der Waals surface area contributed by atoms with Gasteiger partial charge in [0, 0.05) is 25.2 Å². The number of nitro benzene ring substituents is 1. The number of nitro groups is 1. The maximum atomic E-state index is 12.2. The van der Waals surface area contributed by atoms with Crippen molar-refractivity contribution in [3.8, 4) is 0 Å². The molecule has 7 heteroatoms. The molecule has 1 aliphatic rings. The Bertz CT molecular complexity index is 566. The van der Waals surface area contributed by atoms with Crippen molar-refractivity contribution in [2.24, 2.45) is 0 Å². The second-order valence-electron chi connectivity index (χ2n) is 5.76. The van der Waals surface area contributed by atoms with E-state index in [2.05, 4.69) is 5.32 Å². The maximum absolute atomic E-state index is 12.2. The van der Waals surface area contributed by atoms with Crippen molar-refractivity contribution < 1.29 is 14.5 Å². The molecule has 22 heavy (non-hydrogen) atoms. The number of carbonyl (C=O) groups is 1. The average Bonchev–Trinajstić information content (AvgIpc) is 2.39. The highest BCUT2D eigenvalue weighted by Gasteiger charge is 2.24. The van der Waals surface area contributed by atoms with Crippen LogP contribution < -0.4 is 5.32 Å². The Kier molecular flexibility index (Phi) is 5.10. The zero-order valence-electron chi connectivity index (χ0n) is 13.0. The fourth-order valence-corrected chi connectivity index (χ4v) is 2.66. The molecular weight excluding hydrogens is 286 g/mol. The molecule has 1 heterocycles. The van der Waals surface area contributed by atoms with Gasteiger partial charge in [0.15, 0.2) is 0 Å². The van der Waals surface area contributed by atoms with Gasteiger partial charge in [-0.2, -0.15) is 0 Å². The fourth-order valence-electron chi connectivity index (χ4n) is 2.66. The topological polar surface area (TPSA) is 84.7 Å². The molecule has 0 bridgehead atoms. The number of nitrogens with zero attached hydrogens (tertiary/aromatic N) is 2. The molecule has 0 aliphatic carbocycles. The Balaban J connectivity index is 2.00. The van der Waals surface area contributed by atoms with Gasteiger partial charge in [-0.15, -0.1) is 0 Å². The van der Waals surface area contributed by atoms with Gasteiger partial charge in [0.25, 0.3) is 5.69 Å². The SMILES string of the molecule is Cc1ccc([N+](=O)[O-])cc1NC(=O)CN1C[C@@H](C)O[C@H](C)C1. The van der Waals surface area contributed by atoms with Gasteiger partial charge in [-0.3, -0.25) is 19.8 Å². The number of hydrogen-bond acceptors (Lipinski definition) is 5. The number of carbonyl (C=O) groups excluding carboxylic acids is 1. The zero-order valence-corrected chi connectivity index (χ0v) is 13.0. The van der Waals surface area contributed by atoms with E-state index in [0.29, 0.717) is 18.8 Å². The molecule has 120 valence electrons. The Morgan fingerprint density at radius 2 is 2.05 bits per heavy atom. The first-order chi connectivity index (χ1) is 10.3. The van der Waals surface area contributed by atoms with Crippen LogP contribution in [-0.4, -0.2) is 47.6 Å². The first-order valence-electron chi connectivity index (χ1n) is 7.28. The fraction of sp³-hybridized carbons (Fsp3) is 0.533. The summed E-state index contributed by atoms with van der Waals surface area (Å²) < 4.78 is 5.63. The van der Waals surface area contributed by atoms with E-state index in [4.69, 9.17) is 4.74 Å². The summed E-state index contributed by atoms with van der Waals surface area (Å²) >= 11 is 0. The molecule has 1 amide bonds. The third-order valence-electron chi connectivity index (χ3n) is 3.57. The van der Waals surface area contributed by atoms with Crippen molar-refractivity contribution in [2.45, 2.75) is 33.0 Å². The van der Waals surface area contributed by atoms with E-state index >= 15 is 0 Å². The number of anilines is 1. The van der Waals surface area contributed by atoms with E-state index in [-0.39, 0.29) is 30.3 Å². The number of ether oxygens (including phenoxy) is 1. The Labute approximate surface area is 129 Å². The minimum Gasteiger partial charge on any atom is -0.373 e. The summed E-state index contributed by atoms with van der Waals surface area (Å²) in [6.45, 7) is 7.41. The first kappa shape index (κ1) is 16.4. The van der Waals surface area contributed by atoms with Gasteiger partial charge in [0.2, 0.25) is 5.91 Å². The molecule has 0 radical (unpaired) electrons. The predicted molar refractivity (Wildman–Crippen MR) is 82.9 cm³/mol. The van der Waals surface area contributed by atoms with Crippen LogP contribution in [-0.2, 0) is 9.53 Å². The molecule has 1 N–H and O–H groups in total.